The number of sulfonamides is 1. The van der Waals surface area contributed by atoms with E-state index in [4.69, 9.17) is 5.11 Å². The van der Waals surface area contributed by atoms with Crippen molar-refractivity contribution in [3.63, 3.8) is 0 Å². The minimum atomic E-state index is -3.30. The van der Waals surface area contributed by atoms with Crippen LogP contribution < -0.4 is 4.72 Å². The lowest BCUT2D eigenvalue weighted by Gasteiger charge is -2.04. The number of H-pyrrole nitrogens is 1. The smallest absolute Gasteiger partial charge is 0.303 e. The van der Waals surface area contributed by atoms with E-state index in [9.17, 15) is 13.2 Å². The predicted octanol–water partition coefficient (Wildman–Crippen LogP) is 1.62. The van der Waals surface area contributed by atoms with E-state index in [0.29, 0.717) is 18.4 Å². The molecule has 0 saturated heterocycles. The molecule has 7 heteroatoms. The number of aromatic nitrogens is 1. The quantitative estimate of drug-likeness (QED) is 0.723. The molecule has 0 unspecified atom stereocenters. The lowest BCUT2D eigenvalue weighted by Crippen LogP contribution is -2.20. The lowest BCUT2D eigenvalue weighted by atomic mass is 10.1. The van der Waals surface area contributed by atoms with Gasteiger partial charge in [0.1, 0.15) is 0 Å². The third-order valence-electron chi connectivity index (χ3n) is 3.34. The first-order valence-electron chi connectivity index (χ1n) is 6.63. The van der Waals surface area contributed by atoms with Crippen LogP contribution in [-0.4, -0.2) is 31.5 Å². The van der Waals surface area contributed by atoms with E-state index in [-0.39, 0.29) is 12.2 Å². The summed E-state index contributed by atoms with van der Waals surface area (Å²) >= 11 is 0. The topological polar surface area (TPSA) is 99.3 Å². The number of rotatable bonds is 7. The van der Waals surface area contributed by atoms with Gasteiger partial charge in [-0.2, -0.15) is 0 Å². The Balaban J connectivity index is 2.22. The van der Waals surface area contributed by atoms with Crippen LogP contribution in [0.5, 0.6) is 0 Å². The van der Waals surface area contributed by atoms with Crippen molar-refractivity contribution < 1.29 is 18.3 Å². The van der Waals surface area contributed by atoms with Crippen LogP contribution in [-0.2, 0) is 27.0 Å². The van der Waals surface area contributed by atoms with Gasteiger partial charge in [-0.1, -0.05) is 6.07 Å². The fourth-order valence-electron chi connectivity index (χ4n) is 2.24. The van der Waals surface area contributed by atoms with Crippen LogP contribution in [0.2, 0.25) is 0 Å². The van der Waals surface area contributed by atoms with Crippen LogP contribution in [0, 0.1) is 0 Å². The maximum Gasteiger partial charge on any atom is 0.303 e. The van der Waals surface area contributed by atoms with Gasteiger partial charge < -0.3 is 10.1 Å². The Kier molecular flexibility index (Phi) is 4.64. The second-order valence-electron chi connectivity index (χ2n) is 4.90. The van der Waals surface area contributed by atoms with E-state index in [1.54, 1.807) is 6.07 Å². The summed E-state index contributed by atoms with van der Waals surface area (Å²) in [5.41, 5.74) is 2.64. The highest BCUT2D eigenvalue weighted by atomic mass is 32.2. The summed E-state index contributed by atoms with van der Waals surface area (Å²) < 4.78 is 25.5. The minimum Gasteiger partial charge on any atom is -0.481 e. The van der Waals surface area contributed by atoms with Gasteiger partial charge >= 0.3 is 5.97 Å². The molecule has 0 bridgehead atoms. The Hall–Kier alpha value is -1.86. The number of carboxylic acids is 1. The van der Waals surface area contributed by atoms with Crippen molar-refractivity contribution in [3.8, 4) is 0 Å². The summed E-state index contributed by atoms with van der Waals surface area (Å²) in [5, 5.41) is 9.62. The molecule has 0 aliphatic heterocycles. The van der Waals surface area contributed by atoms with E-state index in [2.05, 4.69) is 9.71 Å². The molecule has 0 radical (unpaired) electrons. The predicted molar refractivity (Wildman–Crippen MR) is 80.6 cm³/mol. The number of hydrogen-bond acceptors (Lipinski definition) is 3. The molecule has 1 aromatic carbocycles. The van der Waals surface area contributed by atoms with Gasteiger partial charge in [-0.15, -0.1) is 0 Å². The third-order valence-corrected chi connectivity index (χ3v) is 4.67. The molecule has 0 fully saturated rings. The second-order valence-corrected chi connectivity index (χ2v) is 6.83. The molecule has 0 saturated carbocycles. The first-order chi connectivity index (χ1) is 9.91. The van der Waals surface area contributed by atoms with E-state index in [0.717, 1.165) is 16.5 Å². The number of hydrogen-bond donors (Lipinski definition) is 3. The zero-order valence-corrected chi connectivity index (χ0v) is 12.5. The number of benzene rings is 1. The molecule has 21 heavy (non-hydrogen) atoms. The van der Waals surface area contributed by atoms with Crippen molar-refractivity contribution in [2.24, 2.45) is 0 Å². The number of aryl methyl sites for hydroxylation is 1. The van der Waals surface area contributed by atoms with Gasteiger partial charge in [-0.25, -0.2) is 13.1 Å². The fourth-order valence-corrected chi connectivity index (χ4v) is 3.01. The van der Waals surface area contributed by atoms with Crippen LogP contribution in [0.25, 0.3) is 10.9 Å². The third kappa shape index (κ3) is 4.05. The zero-order chi connectivity index (χ0) is 15.5. The molecule has 2 aromatic rings. The molecule has 0 atom stereocenters. The number of aromatic amines is 1. The van der Waals surface area contributed by atoms with Gasteiger partial charge in [0.2, 0.25) is 10.0 Å². The van der Waals surface area contributed by atoms with Crippen molar-refractivity contribution in [2.45, 2.75) is 25.0 Å². The summed E-state index contributed by atoms with van der Waals surface area (Å²) in [6.45, 7) is 0. The Bertz CT molecular complexity index is 749. The molecule has 6 nitrogen and oxygen atoms in total. The molecule has 114 valence electrons. The molecule has 3 N–H and O–H groups in total. The van der Waals surface area contributed by atoms with Crippen LogP contribution >= 0.6 is 0 Å². The average molecular weight is 310 g/mol. The fraction of sp³-hybridized carbons (Fsp3) is 0.357. The number of nitrogens with one attached hydrogen (secondary N) is 2. The first kappa shape index (κ1) is 15.5. The zero-order valence-electron chi connectivity index (χ0n) is 11.7. The largest absolute Gasteiger partial charge is 0.481 e. The van der Waals surface area contributed by atoms with Gasteiger partial charge in [0.25, 0.3) is 0 Å². The van der Waals surface area contributed by atoms with Crippen LogP contribution in [0.4, 0.5) is 0 Å². The maximum atomic E-state index is 11.6. The monoisotopic (exact) mass is 310 g/mol. The molecule has 0 aliphatic rings. The maximum absolute atomic E-state index is 11.6. The van der Waals surface area contributed by atoms with Crippen molar-refractivity contribution >= 4 is 26.9 Å². The Morgan fingerprint density at radius 2 is 2.14 bits per heavy atom. The SMILES string of the molecule is CNS(=O)(=O)Cc1ccc2[nH]cc(CCCC(=O)O)c2c1. The highest BCUT2D eigenvalue weighted by molar-refractivity contribution is 7.88. The van der Waals surface area contributed by atoms with Gasteiger partial charge in [0.15, 0.2) is 0 Å². The molecular weight excluding hydrogens is 292 g/mol. The second kappa shape index (κ2) is 6.28. The van der Waals surface area contributed by atoms with E-state index >= 15 is 0 Å². The average Bonchev–Trinajstić information content (AvgIpc) is 2.81. The number of fused-ring (bicyclic) bond motifs is 1. The van der Waals surface area contributed by atoms with Gasteiger partial charge in [-0.05, 0) is 43.1 Å². The first-order valence-corrected chi connectivity index (χ1v) is 8.28. The number of carboxylic acid groups (broad SMARTS) is 1. The minimum absolute atomic E-state index is 0.0703. The highest BCUT2D eigenvalue weighted by Gasteiger charge is 2.11. The van der Waals surface area contributed by atoms with Crippen LogP contribution in [0.3, 0.4) is 0 Å². The normalized spacial score (nSPS) is 11.9. The Morgan fingerprint density at radius 1 is 1.38 bits per heavy atom. The van der Waals surface area contributed by atoms with Gasteiger partial charge in [0.05, 0.1) is 5.75 Å². The van der Waals surface area contributed by atoms with Gasteiger partial charge in [-0.3, -0.25) is 4.79 Å². The molecule has 0 spiro atoms. The summed E-state index contributed by atoms with van der Waals surface area (Å²) in [5.74, 6) is -0.880. The van der Waals surface area contributed by atoms with E-state index in [1.807, 2.05) is 18.3 Å². The summed E-state index contributed by atoms with van der Waals surface area (Å²) in [7, 11) is -1.91. The molecular formula is C14H18N2O4S. The standard InChI is InChI=1S/C14H18N2O4S/c1-15-21(19,20)9-10-5-6-13-12(7-10)11(8-16-13)3-2-4-14(17)18/h5-8,15-16H,2-4,9H2,1H3,(H,17,18). The summed E-state index contributed by atoms with van der Waals surface area (Å²) in [6, 6.07) is 5.46. The Labute approximate surface area is 123 Å². The molecule has 0 amide bonds. The van der Waals surface area contributed by atoms with E-state index in [1.165, 1.54) is 7.05 Å². The van der Waals surface area contributed by atoms with Crippen LogP contribution in [0.15, 0.2) is 24.4 Å². The van der Waals surface area contributed by atoms with E-state index < -0.39 is 16.0 Å². The molecule has 2 rings (SSSR count). The number of carbonyl (C=O) groups is 1. The van der Waals surface area contributed by atoms with Crippen molar-refractivity contribution in [1.29, 1.82) is 0 Å². The lowest BCUT2D eigenvalue weighted by molar-refractivity contribution is -0.137. The highest BCUT2D eigenvalue weighted by Crippen LogP contribution is 2.22. The molecule has 0 aliphatic carbocycles. The molecule has 1 aromatic heterocycles. The van der Waals surface area contributed by atoms with Crippen molar-refractivity contribution in [1.82, 2.24) is 9.71 Å². The van der Waals surface area contributed by atoms with Gasteiger partial charge in [0, 0.05) is 23.5 Å². The van der Waals surface area contributed by atoms with Crippen molar-refractivity contribution in [2.75, 3.05) is 7.05 Å². The van der Waals surface area contributed by atoms with Crippen molar-refractivity contribution in [3.05, 3.63) is 35.5 Å². The summed E-state index contributed by atoms with van der Waals surface area (Å²) in [6.07, 6.45) is 3.18. The molecule has 1 heterocycles. The van der Waals surface area contributed by atoms with Crippen LogP contribution in [0.1, 0.15) is 24.0 Å². The number of aliphatic carboxylic acids is 1. The summed E-state index contributed by atoms with van der Waals surface area (Å²) in [4.78, 5) is 13.7. The Morgan fingerprint density at radius 3 is 2.81 bits per heavy atom.